The molecule has 1 fully saturated rings. The van der Waals surface area contributed by atoms with Gasteiger partial charge in [-0.3, -0.25) is 4.98 Å². The number of nitrogens with one attached hydrogen (secondary N) is 1. The molecule has 1 aliphatic heterocycles. The first kappa shape index (κ1) is 12.8. The number of pyridine rings is 1. The second kappa shape index (κ2) is 5.82. The highest BCUT2D eigenvalue weighted by Crippen LogP contribution is 2.18. The summed E-state index contributed by atoms with van der Waals surface area (Å²) in [6, 6.07) is 1.72. The summed E-state index contributed by atoms with van der Waals surface area (Å²) in [6.07, 6.45) is 5.41. The molecule has 1 aromatic rings. The molecule has 1 aromatic heterocycles. The van der Waals surface area contributed by atoms with Gasteiger partial charge in [0.25, 0.3) is 0 Å². The van der Waals surface area contributed by atoms with Crippen LogP contribution in [-0.2, 0) is 0 Å². The maximum atomic E-state index is 11.0. The van der Waals surface area contributed by atoms with Gasteiger partial charge in [-0.25, -0.2) is 4.79 Å². The minimum absolute atomic E-state index is 0.238. The zero-order valence-electron chi connectivity index (χ0n) is 10.6. The van der Waals surface area contributed by atoms with Crippen LogP contribution < -0.4 is 5.32 Å². The molecule has 1 aliphatic rings. The smallest absolute Gasteiger partial charge is 0.339 e. The Bertz CT molecular complexity index is 422. The second-order valence-electron chi connectivity index (χ2n) is 4.88. The fourth-order valence-corrected chi connectivity index (χ4v) is 2.41. The third-order valence-corrected chi connectivity index (χ3v) is 3.35. The van der Waals surface area contributed by atoms with Crippen molar-refractivity contribution in [3.05, 3.63) is 24.0 Å². The number of nitrogens with zero attached hydrogens (tertiary/aromatic N) is 2. The van der Waals surface area contributed by atoms with Gasteiger partial charge < -0.3 is 15.3 Å². The Morgan fingerprint density at radius 1 is 1.67 bits per heavy atom. The molecule has 2 rings (SSSR count). The number of carboxylic acids is 1. The van der Waals surface area contributed by atoms with E-state index in [2.05, 4.69) is 22.2 Å². The van der Waals surface area contributed by atoms with E-state index in [1.807, 2.05) is 0 Å². The molecular formula is C13H19N3O2. The summed E-state index contributed by atoms with van der Waals surface area (Å²) >= 11 is 0. The van der Waals surface area contributed by atoms with Crippen molar-refractivity contribution in [2.24, 2.45) is 5.92 Å². The lowest BCUT2D eigenvalue weighted by Gasteiger charge is -2.30. The highest BCUT2D eigenvalue weighted by Gasteiger charge is 2.17. The van der Waals surface area contributed by atoms with Crippen LogP contribution in [0.5, 0.6) is 0 Å². The molecule has 0 radical (unpaired) electrons. The molecular weight excluding hydrogens is 230 g/mol. The summed E-state index contributed by atoms with van der Waals surface area (Å²) < 4.78 is 0. The summed E-state index contributed by atoms with van der Waals surface area (Å²) in [7, 11) is 2.13. The summed E-state index contributed by atoms with van der Waals surface area (Å²) in [6.45, 7) is 3.04. The molecule has 18 heavy (non-hydrogen) atoms. The van der Waals surface area contributed by atoms with Gasteiger partial charge in [-0.1, -0.05) is 0 Å². The average Bonchev–Trinajstić information content (AvgIpc) is 2.37. The molecule has 5 heteroatoms. The summed E-state index contributed by atoms with van der Waals surface area (Å²) in [5, 5.41) is 12.3. The Labute approximate surface area is 107 Å². The van der Waals surface area contributed by atoms with Crippen molar-refractivity contribution < 1.29 is 9.90 Å². The number of hydrogen-bond acceptors (Lipinski definition) is 4. The van der Waals surface area contributed by atoms with E-state index in [0.717, 1.165) is 19.6 Å². The Morgan fingerprint density at radius 3 is 3.22 bits per heavy atom. The topological polar surface area (TPSA) is 65.5 Å². The lowest BCUT2D eigenvalue weighted by atomic mass is 9.98. The number of anilines is 1. The number of rotatable bonds is 4. The zero-order chi connectivity index (χ0) is 13.0. The van der Waals surface area contributed by atoms with Crippen LogP contribution in [0.25, 0.3) is 0 Å². The minimum atomic E-state index is -0.939. The standard InChI is InChI=1S/C13H19N3O2/c1-16-6-2-3-10(9-16)7-15-12-4-5-14-8-11(12)13(17)18/h4-5,8,10H,2-3,6-7,9H2,1H3,(H,14,15)(H,17,18). The van der Waals surface area contributed by atoms with E-state index in [-0.39, 0.29) is 5.56 Å². The predicted octanol–water partition coefficient (Wildman–Crippen LogP) is 1.53. The van der Waals surface area contributed by atoms with E-state index in [1.165, 1.54) is 19.0 Å². The van der Waals surface area contributed by atoms with Crippen LogP contribution in [0.3, 0.4) is 0 Å². The fraction of sp³-hybridized carbons (Fsp3) is 0.538. The quantitative estimate of drug-likeness (QED) is 0.847. The third kappa shape index (κ3) is 3.20. The SMILES string of the molecule is CN1CCCC(CNc2ccncc2C(=O)O)C1. The van der Waals surface area contributed by atoms with Gasteiger partial charge in [0.1, 0.15) is 5.56 Å². The number of hydrogen-bond donors (Lipinski definition) is 2. The average molecular weight is 249 g/mol. The van der Waals surface area contributed by atoms with Crippen molar-refractivity contribution in [3.63, 3.8) is 0 Å². The van der Waals surface area contributed by atoms with Gasteiger partial charge in [-0.05, 0) is 38.4 Å². The molecule has 0 saturated carbocycles. The molecule has 5 nitrogen and oxygen atoms in total. The van der Waals surface area contributed by atoms with Crippen molar-refractivity contribution >= 4 is 11.7 Å². The van der Waals surface area contributed by atoms with E-state index < -0.39 is 5.97 Å². The van der Waals surface area contributed by atoms with Crippen LogP contribution in [0.15, 0.2) is 18.5 Å². The van der Waals surface area contributed by atoms with Gasteiger partial charge in [0.15, 0.2) is 0 Å². The van der Waals surface area contributed by atoms with Gasteiger partial charge in [0, 0.05) is 25.5 Å². The van der Waals surface area contributed by atoms with E-state index in [9.17, 15) is 4.79 Å². The summed E-state index contributed by atoms with van der Waals surface area (Å²) in [5.41, 5.74) is 0.896. The maximum Gasteiger partial charge on any atom is 0.339 e. The largest absolute Gasteiger partial charge is 0.478 e. The number of carbonyl (C=O) groups is 1. The monoisotopic (exact) mass is 249 g/mol. The van der Waals surface area contributed by atoms with Gasteiger partial charge in [0.05, 0.1) is 5.69 Å². The number of aromatic nitrogens is 1. The zero-order valence-corrected chi connectivity index (χ0v) is 10.6. The van der Waals surface area contributed by atoms with Crippen molar-refractivity contribution in [2.75, 3.05) is 32.0 Å². The Kier molecular flexibility index (Phi) is 4.15. The molecule has 0 amide bonds. The first-order valence-corrected chi connectivity index (χ1v) is 6.26. The molecule has 0 bridgehead atoms. The maximum absolute atomic E-state index is 11.0. The first-order chi connectivity index (χ1) is 8.66. The molecule has 0 aromatic carbocycles. The molecule has 2 heterocycles. The lowest BCUT2D eigenvalue weighted by Crippen LogP contribution is -2.35. The molecule has 98 valence electrons. The molecule has 0 spiro atoms. The van der Waals surface area contributed by atoms with Crippen LogP contribution in [0.2, 0.25) is 0 Å². The van der Waals surface area contributed by atoms with Gasteiger partial charge in [-0.2, -0.15) is 0 Å². The van der Waals surface area contributed by atoms with Gasteiger partial charge in [0.2, 0.25) is 0 Å². The third-order valence-electron chi connectivity index (χ3n) is 3.35. The van der Waals surface area contributed by atoms with Crippen molar-refractivity contribution in [1.82, 2.24) is 9.88 Å². The van der Waals surface area contributed by atoms with E-state index >= 15 is 0 Å². The highest BCUT2D eigenvalue weighted by molar-refractivity contribution is 5.93. The van der Waals surface area contributed by atoms with Gasteiger partial charge >= 0.3 is 5.97 Å². The van der Waals surface area contributed by atoms with Crippen LogP contribution in [0.4, 0.5) is 5.69 Å². The van der Waals surface area contributed by atoms with Crippen molar-refractivity contribution in [2.45, 2.75) is 12.8 Å². The van der Waals surface area contributed by atoms with E-state index in [0.29, 0.717) is 11.6 Å². The Morgan fingerprint density at radius 2 is 2.50 bits per heavy atom. The number of likely N-dealkylation sites (tertiary alicyclic amines) is 1. The fourth-order valence-electron chi connectivity index (χ4n) is 2.41. The normalized spacial score (nSPS) is 20.6. The Balaban J connectivity index is 1.95. The number of carboxylic acid groups (broad SMARTS) is 1. The molecule has 1 unspecified atom stereocenters. The van der Waals surface area contributed by atoms with Crippen LogP contribution >= 0.6 is 0 Å². The second-order valence-corrected chi connectivity index (χ2v) is 4.88. The number of aromatic carboxylic acids is 1. The van der Waals surface area contributed by atoms with Crippen molar-refractivity contribution in [3.8, 4) is 0 Å². The molecule has 1 saturated heterocycles. The number of piperidine rings is 1. The predicted molar refractivity (Wildman–Crippen MR) is 69.9 cm³/mol. The summed E-state index contributed by atoms with van der Waals surface area (Å²) in [5.74, 6) is -0.357. The highest BCUT2D eigenvalue weighted by atomic mass is 16.4. The summed E-state index contributed by atoms with van der Waals surface area (Å²) in [4.78, 5) is 17.2. The van der Waals surface area contributed by atoms with Crippen LogP contribution in [0.1, 0.15) is 23.2 Å². The van der Waals surface area contributed by atoms with E-state index in [1.54, 1.807) is 12.3 Å². The van der Waals surface area contributed by atoms with Crippen molar-refractivity contribution in [1.29, 1.82) is 0 Å². The molecule has 1 atom stereocenters. The lowest BCUT2D eigenvalue weighted by molar-refractivity contribution is 0.0697. The minimum Gasteiger partial charge on any atom is -0.478 e. The molecule has 0 aliphatic carbocycles. The van der Waals surface area contributed by atoms with E-state index in [4.69, 9.17) is 5.11 Å². The van der Waals surface area contributed by atoms with Crippen LogP contribution in [-0.4, -0.2) is 47.6 Å². The van der Waals surface area contributed by atoms with Gasteiger partial charge in [-0.15, -0.1) is 0 Å². The first-order valence-electron chi connectivity index (χ1n) is 6.26. The van der Waals surface area contributed by atoms with Crippen LogP contribution in [0, 0.1) is 5.92 Å². The molecule has 2 N–H and O–H groups in total. The Hall–Kier alpha value is -1.62.